The summed E-state index contributed by atoms with van der Waals surface area (Å²) >= 11 is 0. The number of methoxy groups -OCH3 is 1. The first-order valence-electron chi connectivity index (χ1n) is 6.98. The number of para-hydroxylation sites is 1. The van der Waals surface area contributed by atoms with Gasteiger partial charge >= 0.3 is 12.1 Å². The molecule has 0 bridgehead atoms. The molecule has 0 saturated heterocycles. The van der Waals surface area contributed by atoms with Crippen molar-refractivity contribution in [3.63, 3.8) is 0 Å². The van der Waals surface area contributed by atoms with Crippen LogP contribution in [0.4, 0.5) is 10.5 Å². The maximum atomic E-state index is 12.3. The third-order valence-corrected chi connectivity index (χ3v) is 3.32. The van der Waals surface area contributed by atoms with Crippen molar-refractivity contribution in [2.75, 3.05) is 18.6 Å². The van der Waals surface area contributed by atoms with E-state index < -0.39 is 5.60 Å². The van der Waals surface area contributed by atoms with E-state index in [0.717, 1.165) is 11.3 Å². The second kappa shape index (κ2) is 5.76. The molecule has 1 aromatic carbocycles. The standard InChI is InChI=1S/C16H21NO4/c1-16(2,3)21-15(19)17-10-11(9-14(18)20-4)12-7-5-6-8-13(12)17/h5-8,11H,9-10H2,1-4H3/t11-/m0/s1. The monoisotopic (exact) mass is 291 g/mol. The molecule has 0 radical (unpaired) electrons. The topological polar surface area (TPSA) is 55.8 Å². The summed E-state index contributed by atoms with van der Waals surface area (Å²) in [5, 5.41) is 0. The minimum atomic E-state index is -0.549. The van der Waals surface area contributed by atoms with Crippen molar-refractivity contribution < 1.29 is 19.1 Å². The number of amides is 1. The van der Waals surface area contributed by atoms with Crippen LogP contribution < -0.4 is 4.90 Å². The zero-order chi connectivity index (χ0) is 15.6. The molecule has 0 saturated carbocycles. The minimum Gasteiger partial charge on any atom is -0.469 e. The van der Waals surface area contributed by atoms with E-state index in [2.05, 4.69) is 0 Å². The summed E-state index contributed by atoms with van der Waals surface area (Å²) in [7, 11) is 1.37. The van der Waals surface area contributed by atoms with Gasteiger partial charge in [-0.25, -0.2) is 4.79 Å². The molecular formula is C16H21NO4. The Morgan fingerprint density at radius 3 is 2.57 bits per heavy atom. The molecule has 2 rings (SSSR count). The van der Waals surface area contributed by atoms with Crippen LogP contribution in [0.2, 0.25) is 0 Å². The number of carbonyl (C=O) groups is 2. The molecule has 0 aromatic heterocycles. The fraction of sp³-hybridized carbons (Fsp3) is 0.500. The Hall–Kier alpha value is -2.04. The van der Waals surface area contributed by atoms with E-state index in [1.165, 1.54) is 7.11 Å². The molecule has 0 unspecified atom stereocenters. The summed E-state index contributed by atoms with van der Waals surface area (Å²) in [4.78, 5) is 25.4. The molecule has 0 aliphatic carbocycles. The lowest BCUT2D eigenvalue weighted by molar-refractivity contribution is -0.141. The molecule has 1 aliphatic heterocycles. The lowest BCUT2D eigenvalue weighted by Crippen LogP contribution is -2.36. The highest BCUT2D eigenvalue weighted by Gasteiger charge is 2.35. The first-order chi connectivity index (χ1) is 9.81. The summed E-state index contributed by atoms with van der Waals surface area (Å²) < 4.78 is 10.2. The van der Waals surface area contributed by atoms with E-state index in [1.807, 2.05) is 45.0 Å². The maximum Gasteiger partial charge on any atom is 0.414 e. The number of anilines is 1. The van der Waals surface area contributed by atoms with E-state index in [4.69, 9.17) is 9.47 Å². The van der Waals surface area contributed by atoms with Crippen molar-refractivity contribution in [1.29, 1.82) is 0 Å². The van der Waals surface area contributed by atoms with Gasteiger partial charge in [0.2, 0.25) is 0 Å². The van der Waals surface area contributed by atoms with Gasteiger partial charge in [0.1, 0.15) is 5.60 Å². The predicted octanol–water partition coefficient (Wildman–Crippen LogP) is 3.09. The Morgan fingerprint density at radius 1 is 1.29 bits per heavy atom. The number of hydrogen-bond donors (Lipinski definition) is 0. The SMILES string of the molecule is COC(=O)C[C@H]1CN(C(=O)OC(C)(C)C)c2ccccc21. The molecule has 1 aromatic rings. The van der Waals surface area contributed by atoms with Gasteiger partial charge in [-0.3, -0.25) is 9.69 Å². The maximum absolute atomic E-state index is 12.3. The van der Waals surface area contributed by atoms with E-state index in [9.17, 15) is 9.59 Å². The van der Waals surface area contributed by atoms with Crippen molar-refractivity contribution in [2.45, 2.75) is 38.7 Å². The van der Waals surface area contributed by atoms with Crippen LogP contribution in [0.1, 0.15) is 38.7 Å². The number of benzene rings is 1. The predicted molar refractivity (Wildman–Crippen MR) is 79.4 cm³/mol. The fourth-order valence-corrected chi connectivity index (χ4v) is 2.44. The lowest BCUT2D eigenvalue weighted by atomic mass is 9.98. The van der Waals surface area contributed by atoms with Gasteiger partial charge in [0.15, 0.2) is 0 Å². The lowest BCUT2D eigenvalue weighted by Gasteiger charge is -2.25. The second-order valence-corrected chi connectivity index (χ2v) is 6.13. The first kappa shape index (κ1) is 15.4. The van der Waals surface area contributed by atoms with Crippen LogP contribution in [0.3, 0.4) is 0 Å². The highest BCUT2D eigenvalue weighted by molar-refractivity contribution is 5.91. The summed E-state index contributed by atoms with van der Waals surface area (Å²) in [6.07, 6.45) is -0.130. The number of esters is 1. The first-order valence-corrected chi connectivity index (χ1v) is 6.98. The third-order valence-electron chi connectivity index (χ3n) is 3.32. The summed E-state index contributed by atoms with van der Waals surface area (Å²) in [6, 6.07) is 7.59. The molecule has 5 nitrogen and oxygen atoms in total. The van der Waals surface area contributed by atoms with Crippen molar-refractivity contribution in [1.82, 2.24) is 0 Å². The highest BCUT2D eigenvalue weighted by Crippen LogP contribution is 2.38. The average Bonchev–Trinajstić information content (AvgIpc) is 2.76. The van der Waals surface area contributed by atoms with E-state index in [0.29, 0.717) is 6.54 Å². The average molecular weight is 291 g/mol. The van der Waals surface area contributed by atoms with Gasteiger partial charge in [-0.2, -0.15) is 0 Å². The Kier molecular flexibility index (Phi) is 4.21. The molecule has 114 valence electrons. The molecule has 1 heterocycles. The van der Waals surface area contributed by atoms with Crippen molar-refractivity contribution in [3.8, 4) is 0 Å². The Morgan fingerprint density at radius 2 is 1.95 bits per heavy atom. The molecule has 1 aliphatic rings. The number of fused-ring (bicyclic) bond motifs is 1. The molecule has 0 fully saturated rings. The van der Waals surface area contributed by atoms with Gasteiger partial charge < -0.3 is 9.47 Å². The quantitative estimate of drug-likeness (QED) is 0.786. The molecule has 0 spiro atoms. The van der Waals surface area contributed by atoms with Crippen LogP contribution in [-0.4, -0.2) is 31.3 Å². The van der Waals surface area contributed by atoms with Crippen LogP contribution >= 0.6 is 0 Å². The molecule has 21 heavy (non-hydrogen) atoms. The fourth-order valence-electron chi connectivity index (χ4n) is 2.44. The van der Waals surface area contributed by atoms with Gasteiger partial charge in [-0.1, -0.05) is 18.2 Å². The van der Waals surface area contributed by atoms with E-state index in [-0.39, 0.29) is 24.4 Å². The van der Waals surface area contributed by atoms with Crippen LogP contribution in [-0.2, 0) is 14.3 Å². The van der Waals surface area contributed by atoms with Crippen LogP contribution in [0.25, 0.3) is 0 Å². The zero-order valence-electron chi connectivity index (χ0n) is 12.9. The van der Waals surface area contributed by atoms with Gasteiger partial charge in [-0.05, 0) is 32.4 Å². The summed E-state index contributed by atoms with van der Waals surface area (Å²) in [5.74, 6) is -0.331. The van der Waals surface area contributed by atoms with Gasteiger partial charge in [0, 0.05) is 12.5 Å². The summed E-state index contributed by atoms with van der Waals surface area (Å²) in [5.41, 5.74) is 1.24. The number of rotatable bonds is 2. The molecule has 5 heteroatoms. The second-order valence-electron chi connectivity index (χ2n) is 6.13. The smallest absolute Gasteiger partial charge is 0.414 e. The number of ether oxygens (including phenoxy) is 2. The Labute approximate surface area is 124 Å². The van der Waals surface area contributed by atoms with E-state index in [1.54, 1.807) is 4.90 Å². The Balaban J connectivity index is 2.22. The molecule has 0 N–H and O–H groups in total. The van der Waals surface area contributed by atoms with Gasteiger partial charge in [-0.15, -0.1) is 0 Å². The van der Waals surface area contributed by atoms with Gasteiger partial charge in [0.05, 0.1) is 19.2 Å². The van der Waals surface area contributed by atoms with Crippen LogP contribution in [0.15, 0.2) is 24.3 Å². The summed E-state index contributed by atoms with van der Waals surface area (Å²) in [6.45, 7) is 5.93. The largest absolute Gasteiger partial charge is 0.469 e. The van der Waals surface area contributed by atoms with Crippen molar-refractivity contribution >= 4 is 17.7 Å². The van der Waals surface area contributed by atoms with Crippen molar-refractivity contribution in [3.05, 3.63) is 29.8 Å². The molecule has 1 amide bonds. The zero-order valence-corrected chi connectivity index (χ0v) is 12.9. The Bertz CT molecular complexity index is 547. The minimum absolute atomic E-state index is 0.0545. The highest BCUT2D eigenvalue weighted by atomic mass is 16.6. The molecule has 1 atom stereocenters. The molecular weight excluding hydrogens is 270 g/mol. The van der Waals surface area contributed by atoms with E-state index >= 15 is 0 Å². The van der Waals surface area contributed by atoms with Crippen LogP contribution in [0.5, 0.6) is 0 Å². The van der Waals surface area contributed by atoms with Gasteiger partial charge in [0.25, 0.3) is 0 Å². The number of nitrogens with zero attached hydrogens (tertiary/aromatic N) is 1. The van der Waals surface area contributed by atoms with Crippen molar-refractivity contribution in [2.24, 2.45) is 0 Å². The number of carbonyl (C=O) groups excluding carboxylic acids is 2. The van der Waals surface area contributed by atoms with Crippen LogP contribution in [0, 0.1) is 0 Å². The third kappa shape index (κ3) is 3.54. The number of hydrogen-bond acceptors (Lipinski definition) is 4. The normalized spacial score (nSPS) is 17.3.